The van der Waals surface area contributed by atoms with Crippen molar-refractivity contribution in [2.45, 2.75) is 25.8 Å². The number of aromatic nitrogens is 1. The number of amides is 1. The van der Waals surface area contributed by atoms with Gasteiger partial charge in [-0.3, -0.25) is 9.78 Å². The molecule has 1 amide bonds. The fourth-order valence-corrected chi connectivity index (χ4v) is 2.66. The van der Waals surface area contributed by atoms with Crippen molar-refractivity contribution in [3.63, 3.8) is 0 Å². The first-order valence-corrected chi connectivity index (χ1v) is 6.36. The van der Waals surface area contributed by atoms with Crippen LogP contribution < -0.4 is 16.4 Å². The lowest BCUT2D eigenvalue weighted by Gasteiger charge is -2.41. The molecule has 0 spiro atoms. The molecule has 0 saturated carbocycles. The van der Waals surface area contributed by atoms with Crippen molar-refractivity contribution in [1.82, 2.24) is 4.98 Å². The molecule has 1 fully saturated rings. The maximum atomic E-state index is 11.2. The molecule has 0 aliphatic carbocycles. The van der Waals surface area contributed by atoms with E-state index in [0.717, 1.165) is 18.7 Å². The molecule has 1 saturated heterocycles. The topological polar surface area (TPSA) is 85.2 Å². The Morgan fingerprint density at radius 3 is 3.06 bits per heavy atom. The number of nitrogens with zero attached hydrogens (tertiary/aromatic N) is 2. The van der Waals surface area contributed by atoms with E-state index in [1.54, 1.807) is 12.3 Å². The molecule has 1 aromatic rings. The van der Waals surface area contributed by atoms with Gasteiger partial charge in [0.25, 0.3) is 5.91 Å². The SMILES string of the molecule is CC1CCCN(c2ccnc(C(N)=O)c2)C1CN. The Bertz CT molecular complexity index is 435. The number of anilines is 1. The predicted octanol–water partition coefficient (Wildman–Crippen LogP) is 0.744. The minimum atomic E-state index is -0.494. The molecule has 2 atom stereocenters. The summed E-state index contributed by atoms with van der Waals surface area (Å²) in [6.07, 6.45) is 3.97. The first-order chi connectivity index (χ1) is 8.63. The predicted molar refractivity (Wildman–Crippen MR) is 71.3 cm³/mol. The molecule has 0 aromatic carbocycles. The molecule has 5 nitrogen and oxygen atoms in total. The maximum Gasteiger partial charge on any atom is 0.267 e. The second-order valence-electron chi connectivity index (χ2n) is 4.88. The van der Waals surface area contributed by atoms with Crippen LogP contribution in [0, 0.1) is 5.92 Å². The zero-order valence-corrected chi connectivity index (χ0v) is 10.7. The van der Waals surface area contributed by atoms with Crippen molar-refractivity contribution >= 4 is 11.6 Å². The third-order valence-electron chi connectivity index (χ3n) is 3.68. The number of hydrogen-bond acceptors (Lipinski definition) is 4. The van der Waals surface area contributed by atoms with Crippen LogP contribution in [-0.4, -0.2) is 30.0 Å². The average molecular weight is 248 g/mol. The first-order valence-electron chi connectivity index (χ1n) is 6.36. The van der Waals surface area contributed by atoms with Gasteiger partial charge in [0.05, 0.1) is 0 Å². The van der Waals surface area contributed by atoms with E-state index < -0.39 is 5.91 Å². The van der Waals surface area contributed by atoms with Crippen LogP contribution >= 0.6 is 0 Å². The quantitative estimate of drug-likeness (QED) is 0.826. The zero-order valence-electron chi connectivity index (χ0n) is 10.7. The third kappa shape index (κ3) is 2.46. The van der Waals surface area contributed by atoms with Gasteiger partial charge in [0.2, 0.25) is 0 Å². The highest BCUT2D eigenvalue weighted by molar-refractivity contribution is 5.91. The van der Waals surface area contributed by atoms with Crippen molar-refractivity contribution in [1.29, 1.82) is 0 Å². The van der Waals surface area contributed by atoms with Crippen LogP contribution in [0.5, 0.6) is 0 Å². The lowest BCUT2D eigenvalue weighted by atomic mass is 9.90. The number of piperidine rings is 1. The number of nitrogens with two attached hydrogens (primary N) is 2. The molecule has 4 N–H and O–H groups in total. The monoisotopic (exact) mass is 248 g/mol. The van der Waals surface area contributed by atoms with E-state index in [4.69, 9.17) is 11.5 Å². The van der Waals surface area contributed by atoms with E-state index in [1.165, 1.54) is 6.42 Å². The molecule has 2 unspecified atom stereocenters. The van der Waals surface area contributed by atoms with Crippen LogP contribution in [0.4, 0.5) is 5.69 Å². The highest BCUT2D eigenvalue weighted by Gasteiger charge is 2.27. The van der Waals surface area contributed by atoms with Gasteiger partial charge in [0, 0.05) is 31.0 Å². The van der Waals surface area contributed by atoms with Gasteiger partial charge in [-0.05, 0) is 30.9 Å². The maximum absolute atomic E-state index is 11.2. The van der Waals surface area contributed by atoms with E-state index in [1.807, 2.05) is 6.07 Å². The number of hydrogen-bond donors (Lipinski definition) is 2. The molecule has 2 heterocycles. The summed E-state index contributed by atoms with van der Waals surface area (Å²) in [5, 5.41) is 0. The normalized spacial score (nSPS) is 24.0. The van der Waals surface area contributed by atoms with Crippen LogP contribution in [0.1, 0.15) is 30.3 Å². The molecular weight excluding hydrogens is 228 g/mol. The van der Waals surface area contributed by atoms with Crippen LogP contribution in [0.2, 0.25) is 0 Å². The fraction of sp³-hybridized carbons (Fsp3) is 0.538. The number of primary amides is 1. The lowest BCUT2D eigenvalue weighted by molar-refractivity contribution is 0.0995. The van der Waals surface area contributed by atoms with Crippen molar-refractivity contribution in [3.05, 3.63) is 24.0 Å². The molecule has 18 heavy (non-hydrogen) atoms. The molecule has 0 bridgehead atoms. The Morgan fingerprint density at radius 2 is 2.39 bits per heavy atom. The van der Waals surface area contributed by atoms with Crippen LogP contribution in [0.25, 0.3) is 0 Å². The Labute approximate surface area is 107 Å². The summed E-state index contributed by atoms with van der Waals surface area (Å²) < 4.78 is 0. The highest BCUT2D eigenvalue weighted by atomic mass is 16.1. The minimum Gasteiger partial charge on any atom is -0.367 e. The van der Waals surface area contributed by atoms with Gasteiger partial charge >= 0.3 is 0 Å². The number of carbonyl (C=O) groups excluding carboxylic acids is 1. The standard InChI is InChI=1S/C13H20N4O/c1-9-3-2-6-17(12(9)8-14)10-4-5-16-11(7-10)13(15)18/h4-5,7,9,12H,2-3,6,8,14H2,1H3,(H2,15,18). The summed E-state index contributed by atoms with van der Waals surface area (Å²) in [6, 6.07) is 3.98. The van der Waals surface area contributed by atoms with Crippen molar-refractivity contribution in [2.24, 2.45) is 17.4 Å². The summed E-state index contributed by atoms with van der Waals surface area (Å²) >= 11 is 0. The van der Waals surface area contributed by atoms with E-state index in [9.17, 15) is 4.79 Å². The molecule has 1 aliphatic rings. The largest absolute Gasteiger partial charge is 0.367 e. The van der Waals surface area contributed by atoms with Crippen molar-refractivity contribution < 1.29 is 4.79 Å². The second kappa shape index (κ2) is 5.35. The summed E-state index contributed by atoms with van der Waals surface area (Å²) in [5.74, 6) is 0.0696. The summed E-state index contributed by atoms with van der Waals surface area (Å²) in [7, 11) is 0. The fourth-order valence-electron chi connectivity index (χ4n) is 2.66. The van der Waals surface area contributed by atoms with Gasteiger partial charge in [-0.15, -0.1) is 0 Å². The average Bonchev–Trinajstić information content (AvgIpc) is 2.38. The van der Waals surface area contributed by atoms with Crippen molar-refractivity contribution in [2.75, 3.05) is 18.0 Å². The summed E-state index contributed by atoms with van der Waals surface area (Å²) in [5.41, 5.74) is 12.4. The van der Waals surface area contributed by atoms with Crippen LogP contribution in [0.3, 0.4) is 0 Å². The molecule has 98 valence electrons. The molecule has 5 heteroatoms. The molecule has 1 aliphatic heterocycles. The Kier molecular flexibility index (Phi) is 3.81. The van der Waals surface area contributed by atoms with Gasteiger partial charge in [-0.25, -0.2) is 0 Å². The van der Waals surface area contributed by atoms with E-state index in [-0.39, 0.29) is 0 Å². The highest BCUT2D eigenvalue weighted by Crippen LogP contribution is 2.28. The second-order valence-corrected chi connectivity index (χ2v) is 4.88. The molecule has 0 radical (unpaired) electrons. The van der Waals surface area contributed by atoms with Crippen LogP contribution in [0.15, 0.2) is 18.3 Å². The van der Waals surface area contributed by atoms with E-state index in [0.29, 0.717) is 24.2 Å². The molecule has 2 rings (SSSR count). The zero-order chi connectivity index (χ0) is 13.1. The van der Waals surface area contributed by atoms with Crippen molar-refractivity contribution in [3.8, 4) is 0 Å². The first kappa shape index (κ1) is 12.8. The Balaban J connectivity index is 2.28. The number of rotatable bonds is 3. The lowest BCUT2D eigenvalue weighted by Crippen LogP contribution is -2.48. The number of carbonyl (C=O) groups is 1. The number of pyridine rings is 1. The van der Waals surface area contributed by atoms with Gasteiger partial charge < -0.3 is 16.4 Å². The summed E-state index contributed by atoms with van der Waals surface area (Å²) in [6.45, 7) is 3.81. The Hall–Kier alpha value is -1.62. The van der Waals surface area contributed by atoms with Gasteiger partial charge in [0.15, 0.2) is 0 Å². The van der Waals surface area contributed by atoms with Gasteiger partial charge in [-0.2, -0.15) is 0 Å². The minimum absolute atomic E-state index is 0.307. The van der Waals surface area contributed by atoms with E-state index >= 15 is 0 Å². The molecular formula is C13H20N4O. The van der Waals surface area contributed by atoms with Gasteiger partial charge in [0.1, 0.15) is 5.69 Å². The van der Waals surface area contributed by atoms with Crippen LogP contribution in [-0.2, 0) is 0 Å². The van der Waals surface area contributed by atoms with Gasteiger partial charge in [-0.1, -0.05) is 6.92 Å². The summed E-state index contributed by atoms with van der Waals surface area (Å²) in [4.78, 5) is 17.4. The molecule has 1 aromatic heterocycles. The van der Waals surface area contributed by atoms with E-state index in [2.05, 4.69) is 16.8 Å². The Morgan fingerprint density at radius 1 is 1.61 bits per heavy atom. The smallest absolute Gasteiger partial charge is 0.267 e. The third-order valence-corrected chi connectivity index (χ3v) is 3.68.